The third-order valence-corrected chi connectivity index (χ3v) is 3.66. The first-order chi connectivity index (χ1) is 8.29. The lowest BCUT2D eigenvalue weighted by atomic mass is 9.84. The fourth-order valence-corrected chi connectivity index (χ4v) is 2.64. The summed E-state index contributed by atoms with van der Waals surface area (Å²) in [5.41, 5.74) is 1.18. The van der Waals surface area contributed by atoms with Crippen LogP contribution < -0.4 is 4.78 Å². The molecule has 0 fully saturated rings. The minimum absolute atomic E-state index is 0.0612. The lowest BCUT2D eigenvalue weighted by molar-refractivity contribution is 0.183. The summed E-state index contributed by atoms with van der Waals surface area (Å²) in [6, 6.07) is 2.05. The highest BCUT2D eigenvalue weighted by Crippen LogP contribution is 2.11. The summed E-state index contributed by atoms with van der Waals surface area (Å²) >= 11 is 1.52. The minimum Gasteiger partial charge on any atom is -0.423 e. The summed E-state index contributed by atoms with van der Waals surface area (Å²) in [5, 5.41) is 20.4. The molecule has 96 valence electrons. The Balaban J connectivity index is 2.41. The lowest BCUT2D eigenvalue weighted by Gasteiger charge is -2.07. The molecular weight excluding hydrogens is 235 g/mol. The molecule has 0 aliphatic heterocycles. The molecule has 1 aromatic rings. The number of aliphatic hydroxyl groups is 1. The first-order valence-electron chi connectivity index (χ1n) is 6.26. The van der Waals surface area contributed by atoms with Gasteiger partial charge >= 0.3 is 7.12 Å². The van der Waals surface area contributed by atoms with Crippen LogP contribution in [0, 0.1) is 0 Å². The smallest absolute Gasteiger partial charge is 0.423 e. The van der Waals surface area contributed by atoms with Crippen LogP contribution >= 0.6 is 11.3 Å². The number of hydrogen-bond donors (Lipinski definition) is 2. The van der Waals surface area contributed by atoms with E-state index in [1.54, 1.807) is 0 Å². The van der Waals surface area contributed by atoms with Gasteiger partial charge in [-0.05, 0) is 29.9 Å². The van der Waals surface area contributed by atoms with Gasteiger partial charge in [0.05, 0.1) is 13.2 Å². The van der Waals surface area contributed by atoms with Crippen molar-refractivity contribution in [1.82, 2.24) is 0 Å². The molecular formula is C12H21BO3S. The molecule has 0 atom stereocenters. The average molecular weight is 256 g/mol. The standard InChI is InChI=1S/C12H21BO3S/c1-2-3-4-5-6-11-7-10-17-12(11)13(15)16-9-8-14/h7,10,14-15H,2-6,8-9H2,1H3. The van der Waals surface area contributed by atoms with Gasteiger partial charge in [-0.1, -0.05) is 26.2 Å². The Morgan fingerprint density at radius 2 is 2.18 bits per heavy atom. The van der Waals surface area contributed by atoms with Gasteiger partial charge < -0.3 is 14.8 Å². The second-order valence-corrected chi connectivity index (χ2v) is 5.02. The molecule has 0 aliphatic rings. The number of rotatable bonds is 9. The third-order valence-electron chi connectivity index (χ3n) is 2.67. The van der Waals surface area contributed by atoms with E-state index in [1.165, 1.54) is 36.2 Å². The molecule has 0 amide bonds. The normalized spacial score (nSPS) is 10.8. The SMILES string of the molecule is CCCCCCc1ccsc1B(O)OCCO. The first kappa shape index (κ1) is 14.7. The maximum Gasteiger partial charge on any atom is 0.502 e. The highest BCUT2D eigenvalue weighted by Gasteiger charge is 2.21. The third kappa shape index (κ3) is 5.21. The van der Waals surface area contributed by atoms with Gasteiger partial charge in [-0.2, -0.15) is 11.3 Å². The number of aryl methyl sites for hydroxylation is 1. The van der Waals surface area contributed by atoms with Gasteiger partial charge in [0.25, 0.3) is 0 Å². The largest absolute Gasteiger partial charge is 0.502 e. The molecule has 0 aliphatic carbocycles. The molecule has 0 saturated heterocycles. The predicted molar refractivity (Wildman–Crippen MR) is 72.8 cm³/mol. The molecule has 0 saturated carbocycles. The molecule has 2 N–H and O–H groups in total. The summed E-state index contributed by atoms with van der Waals surface area (Å²) < 4.78 is 6.00. The maximum atomic E-state index is 9.80. The molecule has 0 aromatic carbocycles. The van der Waals surface area contributed by atoms with Gasteiger partial charge in [0.2, 0.25) is 0 Å². The van der Waals surface area contributed by atoms with E-state index in [4.69, 9.17) is 9.76 Å². The zero-order valence-corrected chi connectivity index (χ0v) is 11.2. The van der Waals surface area contributed by atoms with E-state index in [9.17, 15) is 5.02 Å². The molecule has 17 heavy (non-hydrogen) atoms. The zero-order chi connectivity index (χ0) is 12.5. The van der Waals surface area contributed by atoms with E-state index in [-0.39, 0.29) is 13.2 Å². The van der Waals surface area contributed by atoms with Crippen molar-refractivity contribution < 1.29 is 14.8 Å². The number of hydrogen-bond acceptors (Lipinski definition) is 4. The highest BCUT2D eigenvalue weighted by molar-refractivity contribution is 7.20. The van der Waals surface area contributed by atoms with Crippen molar-refractivity contribution >= 4 is 23.2 Å². The number of thiophene rings is 1. The van der Waals surface area contributed by atoms with E-state index in [2.05, 4.69) is 13.0 Å². The van der Waals surface area contributed by atoms with Crippen molar-refractivity contribution in [2.75, 3.05) is 13.2 Å². The van der Waals surface area contributed by atoms with E-state index < -0.39 is 7.12 Å². The Bertz CT molecular complexity index is 304. The predicted octanol–water partition coefficient (Wildman–Crippen LogP) is 1.57. The molecule has 1 aromatic heterocycles. The first-order valence-corrected chi connectivity index (χ1v) is 7.14. The van der Waals surface area contributed by atoms with Crippen molar-refractivity contribution in [2.24, 2.45) is 0 Å². The Morgan fingerprint density at radius 1 is 1.35 bits per heavy atom. The minimum atomic E-state index is -0.886. The van der Waals surface area contributed by atoms with E-state index >= 15 is 0 Å². The van der Waals surface area contributed by atoms with Crippen LogP contribution in [-0.4, -0.2) is 30.5 Å². The molecule has 3 nitrogen and oxygen atoms in total. The summed E-state index contributed by atoms with van der Waals surface area (Å²) in [5.74, 6) is 0. The van der Waals surface area contributed by atoms with Gasteiger partial charge in [-0.25, -0.2) is 0 Å². The van der Waals surface area contributed by atoms with E-state index in [0.717, 1.165) is 17.6 Å². The molecule has 0 radical (unpaired) electrons. The van der Waals surface area contributed by atoms with Gasteiger partial charge in [0.15, 0.2) is 0 Å². The molecule has 0 spiro atoms. The van der Waals surface area contributed by atoms with Crippen LogP contribution in [0.3, 0.4) is 0 Å². The summed E-state index contributed by atoms with van der Waals surface area (Å²) in [4.78, 5) is 0. The molecule has 0 unspecified atom stereocenters. The zero-order valence-electron chi connectivity index (χ0n) is 10.4. The Kier molecular flexibility index (Phi) is 7.52. The van der Waals surface area contributed by atoms with Crippen molar-refractivity contribution in [3.05, 3.63) is 17.0 Å². The number of aliphatic hydroxyl groups excluding tert-OH is 1. The van der Waals surface area contributed by atoms with Gasteiger partial charge in [-0.3, -0.25) is 0 Å². The molecule has 5 heteroatoms. The maximum absolute atomic E-state index is 9.80. The number of unbranched alkanes of at least 4 members (excludes halogenated alkanes) is 3. The second kappa shape index (κ2) is 8.69. The summed E-state index contributed by atoms with van der Waals surface area (Å²) in [6.45, 7) is 2.31. The fourth-order valence-electron chi connectivity index (χ4n) is 1.75. The molecule has 0 bridgehead atoms. The Labute approximate surface area is 108 Å². The van der Waals surface area contributed by atoms with Crippen molar-refractivity contribution in [3.8, 4) is 0 Å². The Morgan fingerprint density at radius 3 is 2.88 bits per heavy atom. The van der Waals surface area contributed by atoms with Crippen LogP contribution in [0.4, 0.5) is 0 Å². The molecule has 1 heterocycles. The van der Waals surface area contributed by atoms with Crippen molar-refractivity contribution in [3.63, 3.8) is 0 Å². The summed E-state index contributed by atoms with van der Waals surface area (Å²) in [6.07, 6.45) is 5.89. The van der Waals surface area contributed by atoms with Crippen LogP contribution in [0.25, 0.3) is 0 Å². The van der Waals surface area contributed by atoms with E-state index in [1.807, 2.05) is 5.38 Å². The fraction of sp³-hybridized carbons (Fsp3) is 0.667. The van der Waals surface area contributed by atoms with Crippen LogP contribution in [-0.2, 0) is 11.1 Å². The van der Waals surface area contributed by atoms with Crippen molar-refractivity contribution in [2.45, 2.75) is 39.0 Å². The van der Waals surface area contributed by atoms with Gasteiger partial charge in [0, 0.05) is 4.78 Å². The molecule has 1 rings (SSSR count). The quantitative estimate of drug-likeness (QED) is 0.521. The topological polar surface area (TPSA) is 49.7 Å². The highest BCUT2D eigenvalue weighted by atomic mass is 32.1. The van der Waals surface area contributed by atoms with Gasteiger partial charge in [-0.15, -0.1) is 0 Å². The summed E-state index contributed by atoms with van der Waals surface area (Å²) in [7, 11) is -0.886. The van der Waals surface area contributed by atoms with E-state index in [0.29, 0.717) is 0 Å². The monoisotopic (exact) mass is 256 g/mol. The Hall–Kier alpha value is -0.355. The van der Waals surface area contributed by atoms with Crippen LogP contribution in [0.15, 0.2) is 11.4 Å². The van der Waals surface area contributed by atoms with Gasteiger partial charge in [0.1, 0.15) is 0 Å². The van der Waals surface area contributed by atoms with Crippen molar-refractivity contribution in [1.29, 1.82) is 0 Å². The average Bonchev–Trinajstić information content (AvgIpc) is 2.80. The van der Waals surface area contributed by atoms with Crippen LogP contribution in [0.5, 0.6) is 0 Å². The lowest BCUT2D eigenvalue weighted by Crippen LogP contribution is -2.34. The van der Waals surface area contributed by atoms with Crippen LogP contribution in [0.2, 0.25) is 0 Å². The van der Waals surface area contributed by atoms with Crippen LogP contribution in [0.1, 0.15) is 38.2 Å². The second-order valence-electron chi connectivity index (χ2n) is 4.07.